The molecule has 3 heterocycles. The molecule has 3 aromatic carbocycles. The summed E-state index contributed by atoms with van der Waals surface area (Å²) in [6.07, 6.45) is -15.1. The van der Waals surface area contributed by atoms with Gasteiger partial charge in [-0.2, -0.15) is 0 Å². The number of fused-ring (bicyclic) bond motifs is 5. The maximum absolute atomic E-state index is 15.9. The van der Waals surface area contributed by atoms with Crippen LogP contribution in [0, 0.1) is 16.7 Å². The standard InChI is InChI=1S/C63H75N5O21/c1-33-41(29-63(81)55(88-57(79)39-22-15-10-16-23-39)53-61(7,43(73)28-44-62(53,32-83-44)89-36(4)72)54(77)51(84-35(3)71)46(33)60(63,5)6)85-58(80)52(47(37-18-11-8-12-19-37)65-56(78)38-20-13-9-14-21-38)87-45(74)25-17-24-40-30-68(67-66-40)26-27-82-59-48(64-34(2)70)50(76)49(75)42(31-69)86-59/h8-16,18-23,30,41-44,47-53,55,59,69,73,75-76,81H,17,24-29,31-32H2,1-7H3,(H,64,70)(H,65,78)/t41-,42+,43-,44+,47-,48+,49-,50+,51+,52+,53-,55-,59+,61+,62-,63+/m0/s1. The van der Waals surface area contributed by atoms with Gasteiger partial charge in [-0.05, 0) is 67.7 Å². The zero-order valence-corrected chi connectivity index (χ0v) is 50.2. The molecule has 2 saturated heterocycles. The summed E-state index contributed by atoms with van der Waals surface area (Å²) in [4.78, 5) is 113. The van der Waals surface area contributed by atoms with E-state index in [4.69, 9.17) is 37.9 Å². The second-order valence-corrected chi connectivity index (χ2v) is 23.9. The van der Waals surface area contributed by atoms with Gasteiger partial charge in [-0.3, -0.25) is 28.8 Å². The van der Waals surface area contributed by atoms with E-state index in [-0.39, 0.29) is 73.3 Å². The second-order valence-electron chi connectivity index (χ2n) is 23.9. The molecule has 1 aromatic heterocycles. The molecule has 2 bridgehead atoms. The van der Waals surface area contributed by atoms with Gasteiger partial charge in [0.2, 0.25) is 12.0 Å². The van der Waals surface area contributed by atoms with E-state index in [1.807, 2.05) is 0 Å². The number of aliphatic hydroxyl groups is 5. The predicted molar refractivity (Wildman–Crippen MR) is 306 cm³/mol. The first-order chi connectivity index (χ1) is 42.2. The molecule has 0 radical (unpaired) electrons. The lowest BCUT2D eigenvalue weighted by Crippen LogP contribution is -2.82. The van der Waals surface area contributed by atoms with Crippen molar-refractivity contribution in [1.29, 1.82) is 0 Å². The number of aromatic nitrogens is 3. The lowest BCUT2D eigenvalue weighted by atomic mass is 9.44. The van der Waals surface area contributed by atoms with Crippen LogP contribution < -0.4 is 10.6 Å². The van der Waals surface area contributed by atoms with Crippen LogP contribution in [0.1, 0.15) is 112 Å². The SMILES string of the molecule is CC(=O)N[C@H]1[C@H](OCCn2cc(CCCC(=O)O[C@@H](C(=O)O[C@H]3C[C@@]4(O)[C@@H](OC(=O)c5ccccc5)[C@@H]5[C@]6(OC(C)=O)CO[C@@H]6C[C@H](O)[C@@]5(C)C(=O)[C@H](OC(C)=O)C(=C3C)C4(C)C)[C@@H](NC(=O)c3ccccc3)c3ccccc3)nn2)O[C@H](CO)[C@H](O)[C@@H]1O. The van der Waals surface area contributed by atoms with Gasteiger partial charge in [-0.1, -0.05) is 85.8 Å². The Morgan fingerprint density at radius 3 is 2.10 bits per heavy atom. The molecule has 2 amide bonds. The van der Waals surface area contributed by atoms with Crippen molar-refractivity contribution in [1.82, 2.24) is 25.6 Å². The zero-order chi connectivity index (χ0) is 64.3. The fourth-order valence-electron chi connectivity index (χ4n) is 13.3. The monoisotopic (exact) mass is 1240 g/mol. The lowest BCUT2D eigenvalue weighted by Gasteiger charge is -2.67. The number of benzene rings is 3. The molecule has 9 rings (SSSR count). The molecule has 2 aliphatic heterocycles. The third kappa shape index (κ3) is 13.0. The van der Waals surface area contributed by atoms with Gasteiger partial charge in [0, 0.05) is 57.2 Å². The summed E-state index contributed by atoms with van der Waals surface area (Å²) in [7, 11) is 0. The van der Waals surface area contributed by atoms with Gasteiger partial charge in [-0.25, -0.2) is 14.3 Å². The van der Waals surface area contributed by atoms with E-state index in [2.05, 4.69) is 20.9 Å². The number of rotatable bonds is 21. The minimum Gasteiger partial charge on any atom is -0.455 e. The molecule has 89 heavy (non-hydrogen) atoms. The van der Waals surface area contributed by atoms with E-state index < -0.39 is 162 Å². The lowest BCUT2D eigenvalue weighted by molar-refractivity contribution is -0.346. The Labute approximate surface area is 512 Å². The largest absolute Gasteiger partial charge is 0.455 e. The van der Waals surface area contributed by atoms with E-state index in [0.717, 1.165) is 13.8 Å². The Balaban J connectivity index is 1.04. The van der Waals surface area contributed by atoms with Crippen LogP contribution in [-0.4, -0.2) is 186 Å². The van der Waals surface area contributed by atoms with Crippen LogP contribution in [0.15, 0.2) is 108 Å². The Bertz CT molecular complexity index is 3310. The van der Waals surface area contributed by atoms with Crippen LogP contribution in [0.25, 0.3) is 0 Å². The van der Waals surface area contributed by atoms with Crippen molar-refractivity contribution in [2.45, 2.75) is 172 Å². The predicted octanol–water partition coefficient (Wildman–Crippen LogP) is 1.86. The molecule has 26 nitrogen and oxygen atoms in total. The van der Waals surface area contributed by atoms with Gasteiger partial charge in [0.15, 0.2) is 23.8 Å². The van der Waals surface area contributed by atoms with Crippen LogP contribution in [0.2, 0.25) is 0 Å². The minimum atomic E-state index is -2.52. The van der Waals surface area contributed by atoms with Crippen molar-refractivity contribution in [2.75, 3.05) is 19.8 Å². The van der Waals surface area contributed by atoms with Gasteiger partial charge in [0.1, 0.15) is 54.3 Å². The first kappa shape index (κ1) is 65.6. The van der Waals surface area contributed by atoms with Crippen molar-refractivity contribution in [3.63, 3.8) is 0 Å². The van der Waals surface area contributed by atoms with E-state index in [1.165, 1.54) is 63.6 Å². The Hall–Kier alpha value is -7.82. The van der Waals surface area contributed by atoms with E-state index in [1.54, 1.807) is 72.9 Å². The number of Topliss-reactive ketones (excluding diaryl/α,β-unsaturated/α-hetero) is 1. The van der Waals surface area contributed by atoms with Crippen LogP contribution in [0.3, 0.4) is 0 Å². The Kier molecular flexibility index (Phi) is 19.7. The average Bonchev–Trinajstić information content (AvgIpc) is 0.805. The molecule has 0 spiro atoms. The van der Waals surface area contributed by atoms with E-state index in [0.29, 0.717) is 5.69 Å². The Morgan fingerprint density at radius 1 is 0.843 bits per heavy atom. The summed E-state index contributed by atoms with van der Waals surface area (Å²) in [5.74, 6) is -8.73. The quantitative estimate of drug-likeness (QED) is 0.0356. The number of ketones is 1. The number of hydrogen-bond acceptors (Lipinski definition) is 23. The highest BCUT2D eigenvalue weighted by Crippen LogP contribution is 2.64. The fourth-order valence-corrected chi connectivity index (χ4v) is 13.3. The number of ether oxygens (including phenoxy) is 8. The highest BCUT2D eigenvalue weighted by atomic mass is 16.7. The van der Waals surface area contributed by atoms with Gasteiger partial charge < -0.3 is 74.1 Å². The highest BCUT2D eigenvalue weighted by molar-refractivity contribution is 5.96. The number of carbonyl (C=O) groups excluding carboxylic acids is 8. The summed E-state index contributed by atoms with van der Waals surface area (Å²) in [6.45, 7) is 8.32. The minimum absolute atomic E-state index is 0.0167. The Morgan fingerprint density at radius 2 is 1.49 bits per heavy atom. The smallest absolute Gasteiger partial charge is 0.350 e. The number of nitrogens with zero attached hydrogens (tertiary/aromatic N) is 3. The van der Waals surface area contributed by atoms with Crippen molar-refractivity contribution in [3.05, 3.63) is 131 Å². The normalized spacial score (nSPS) is 30.9. The third-order valence-corrected chi connectivity index (χ3v) is 18.0. The molecule has 2 saturated carbocycles. The first-order valence-electron chi connectivity index (χ1n) is 29.4. The molecule has 3 aliphatic carbocycles. The van der Waals surface area contributed by atoms with Crippen LogP contribution in [-0.2, 0) is 79.6 Å². The molecule has 26 heteroatoms. The number of carbonyl (C=O) groups is 8. The molecule has 7 N–H and O–H groups in total. The van der Waals surface area contributed by atoms with Crippen molar-refractivity contribution < 1.29 is 102 Å². The number of hydrogen-bond donors (Lipinski definition) is 7. The zero-order valence-electron chi connectivity index (χ0n) is 50.2. The maximum atomic E-state index is 15.9. The van der Waals surface area contributed by atoms with Gasteiger partial charge in [-0.15, -0.1) is 5.10 Å². The number of nitrogens with one attached hydrogen (secondary N) is 2. The van der Waals surface area contributed by atoms with Crippen LogP contribution >= 0.6 is 0 Å². The summed E-state index contributed by atoms with van der Waals surface area (Å²) in [5.41, 5.74) is -7.39. The van der Waals surface area contributed by atoms with Crippen LogP contribution in [0.4, 0.5) is 0 Å². The number of amides is 2. The fraction of sp³-hybridized carbons (Fsp3) is 0.524. The topological polar surface area (TPSA) is 366 Å². The van der Waals surface area contributed by atoms with Crippen molar-refractivity contribution in [2.24, 2.45) is 16.7 Å². The van der Waals surface area contributed by atoms with Gasteiger partial charge in [0.05, 0.1) is 55.1 Å². The number of aliphatic hydroxyl groups excluding tert-OH is 4. The molecule has 5 aliphatic rings. The molecule has 4 aromatic rings. The molecule has 4 fully saturated rings. The molecule has 16 atom stereocenters. The van der Waals surface area contributed by atoms with Crippen LogP contribution in [0.5, 0.6) is 0 Å². The summed E-state index contributed by atoms with van der Waals surface area (Å²) in [5, 5.41) is 70.8. The number of aryl methyl sites for hydroxylation is 1. The second kappa shape index (κ2) is 26.7. The van der Waals surface area contributed by atoms with E-state index >= 15 is 9.59 Å². The first-order valence-corrected chi connectivity index (χ1v) is 29.4. The van der Waals surface area contributed by atoms with Gasteiger partial charge >= 0.3 is 29.8 Å². The average molecular weight is 1240 g/mol. The summed E-state index contributed by atoms with van der Waals surface area (Å²) in [6, 6.07) is 21.2. The van der Waals surface area contributed by atoms with Crippen molar-refractivity contribution in [3.8, 4) is 0 Å². The molecular weight excluding hydrogens is 1160 g/mol. The third-order valence-electron chi connectivity index (χ3n) is 18.0. The molecular formula is C63H75N5O21. The molecule has 0 unspecified atom stereocenters. The van der Waals surface area contributed by atoms with Crippen molar-refractivity contribution >= 4 is 47.4 Å². The van der Waals surface area contributed by atoms with E-state index in [9.17, 15) is 54.3 Å². The summed E-state index contributed by atoms with van der Waals surface area (Å²) < 4.78 is 50.0. The summed E-state index contributed by atoms with van der Waals surface area (Å²) >= 11 is 0. The van der Waals surface area contributed by atoms with Gasteiger partial charge in [0.25, 0.3) is 5.91 Å². The molecule has 478 valence electrons. The highest BCUT2D eigenvalue weighted by Gasteiger charge is 2.78. The maximum Gasteiger partial charge on any atom is 0.350 e. The number of esters is 5.